The molecule has 106 heavy (non-hydrogen) atoms. The van der Waals surface area contributed by atoms with Gasteiger partial charge in [0.15, 0.2) is 0 Å². The monoisotopic (exact) mass is 1360 g/mol. The smallest absolute Gasteiger partial charge is 0.256 e. The third-order valence-electron chi connectivity index (χ3n) is 23.8. The van der Waals surface area contributed by atoms with Gasteiger partial charge in [-0.05, 0) is 207 Å². The van der Waals surface area contributed by atoms with Gasteiger partial charge in [0.05, 0.1) is 22.4 Å². The van der Waals surface area contributed by atoms with Gasteiger partial charge in [0.1, 0.15) is 11.5 Å². The molecule has 5 nitrogen and oxygen atoms in total. The summed E-state index contributed by atoms with van der Waals surface area (Å²) in [4.78, 5) is 7.77. The minimum absolute atomic E-state index is 0.0764. The average molecular weight is 1370 g/mol. The number of benzene rings is 14. The lowest BCUT2D eigenvalue weighted by Crippen LogP contribution is -2.64. The fourth-order valence-corrected chi connectivity index (χ4v) is 18.7. The van der Waals surface area contributed by atoms with E-state index in [-0.39, 0.29) is 35.1 Å². The molecule has 0 saturated carbocycles. The highest BCUT2D eigenvalue weighted by molar-refractivity contribution is 7.02. The van der Waals surface area contributed by atoms with Crippen LogP contribution in [-0.2, 0) is 21.7 Å². The first-order valence-corrected chi connectivity index (χ1v) is 37.8. The molecule has 0 spiro atoms. The first-order chi connectivity index (χ1) is 51.3. The van der Waals surface area contributed by atoms with E-state index in [2.05, 4.69) is 393 Å². The number of aromatic nitrogens is 1. The topological polar surface area (TPSA) is 23.9 Å². The van der Waals surface area contributed by atoms with Crippen LogP contribution >= 0.6 is 0 Å². The second-order valence-corrected chi connectivity index (χ2v) is 33.6. The summed E-state index contributed by atoms with van der Waals surface area (Å²) in [6, 6.07) is 113. The van der Waals surface area contributed by atoms with Crippen molar-refractivity contribution >= 4 is 119 Å². The van der Waals surface area contributed by atoms with Gasteiger partial charge in [0.25, 0.3) is 13.4 Å². The minimum atomic E-state index is -0.250. The zero-order valence-electron chi connectivity index (χ0n) is 62.1. The number of hydrogen-bond donors (Lipinski definition) is 0. The normalized spacial score (nSPS) is 14.2. The molecule has 1 aromatic heterocycles. The van der Waals surface area contributed by atoms with Crippen LogP contribution in [0.25, 0.3) is 72.0 Å². The van der Waals surface area contributed by atoms with Crippen LogP contribution < -0.4 is 52.2 Å². The number of para-hydroxylation sites is 4. The van der Waals surface area contributed by atoms with Crippen LogP contribution in [0.15, 0.2) is 297 Å². The van der Waals surface area contributed by atoms with Crippen molar-refractivity contribution in [1.82, 2.24) is 4.57 Å². The zero-order chi connectivity index (χ0) is 72.0. The Morgan fingerprint density at radius 3 is 1.35 bits per heavy atom. The number of ether oxygens (including phenoxy) is 1. The molecule has 0 atom stereocenters. The first-order valence-electron chi connectivity index (χ1n) is 37.8. The van der Waals surface area contributed by atoms with Crippen molar-refractivity contribution in [2.75, 3.05) is 14.7 Å². The lowest BCUT2D eigenvalue weighted by atomic mass is 9.30. The maximum Gasteiger partial charge on any atom is 0.256 e. The molecule has 0 bridgehead atoms. The summed E-state index contributed by atoms with van der Waals surface area (Å²) >= 11 is 0. The van der Waals surface area contributed by atoms with Crippen LogP contribution in [-0.4, -0.2) is 18.0 Å². The molecule has 14 aromatic carbocycles. The molecule has 5 aliphatic rings. The van der Waals surface area contributed by atoms with E-state index in [9.17, 15) is 0 Å². The molecule has 0 unspecified atom stereocenters. The third-order valence-corrected chi connectivity index (χ3v) is 23.8. The summed E-state index contributed by atoms with van der Waals surface area (Å²) < 4.78 is 10.5. The van der Waals surface area contributed by atoms with Crippen molar-refractivity contribution in [3.8, 4) is 61.7 Å². The van der Waals surface area contributed by atoms with E-state index < -0.39 is 0 Å². The van der Waals surface area contributed by atoms with E-state index in [1.807, 2.05) is 0 Å². The lowest BCUT2D eigenvalue weighted by Gasteiger charge is -2.46. The predicted molar refractivity (Wildman–Crippen MR) is 451 cm³/mol. The van der Waals surface area contributed by atoms with Crippen molar-refractivity contribution in [2.24, 2.45) is 0 Å². The van der Waals surface area contributed by atoms with Crippen LogP contribution in [0.2, 0.25) is 0 Å². The Bertz CT molecular complexity index is 6040. The third kappa shape index (κ3) is 9.56. The molecule has 0 saturated heterocycles. The SMILES string of the molecule is CC(C)(C)c1cc(-c2ccccc2)c(N2c3ccccc3B3c4cc5c(cc4N(c4ccccc4)c4cc(-n6c7ccc(C(C)(C)C)cc7c7cc(C(C)(C)C)ccc76)cc2c43)Oc2cc(-c3cccc4c3C(C)(C)c3ccccc3-4)cc3c2B5c2ccccc2N3c2ccccc2)c(-c2ccccc2)c1. The second-order valence-electron chi connectivity index (χ2n) is 33.6. The molecule has 15 aromatic rings. The van der Waals surface area contributed by atoms with Crippen LogP contribution in [0.1, 0.15) is 104 Å². The Morgan fingerprint density at radius 2 is 0.774 bits per heavy atom. The van der Waals surface area contributed by atoms with Crippen LogP contribution in [0.4, 0.5) is 51.2 Å². The summed E-state index contributed by atoms with van der Waals surface area (Å²) in [6.07, 6.45) is 0. The minimum Gasteiger partial charge on any atom is -0.458 e. The average Bonchev–Trinajstić information content (AvgIpc) is 0.783. The van der Waals surface area contributed by atoms with E-state index >= 15 is 0 Å². The molecule has 0 N–H and O–H groups in total. The van der Waals surface area contributed by atoms with Gasteiger partial charge in [-0.15, -0.1) is 0 Å². The Labute approximate surface area is 623 Å². The molecule has 7 heteroatoms. The summed E-state index contributed by atoms with van der Waals surface area (Å²) in [7, 11) is 0. The summed E-state index contributed by atoms with van der Waals surface area (Å²) in [5, 5.41) is 2.50. The molecule has 0 fully saturated rings. The number of hydrogen-bond acceptors (Lipinski definition) is 4. The maximum atomic E-state index is 7.93. The van der Waals surface area contributed by atoms with Crippen molar-refractivity contribution in [2.45, 2.75) is 97.8 Å². The molecule has 510 valence electrons. The summed E-state index contributed by atoms with van der Waals surface area (Å²) in [6.45, 7) is 25.4. The van der Waals surface area contributed by atoms with Gasteiger partial charge in [-0.1, -0.05) is 270 Å². The first kappa shape index (κ1) is 63.9. The fraction of sp³-hybridized carbons (Fsp3) is 0.152. The largest absolute Gasteiger partial charge is 0.458 e. The highest BCUT2D eigenvalue weighted by Crippen LogP contribution is 2.56. The van der Waals surface area contributed by atoms with Crippen LogP contribution in [0, 0.1) is 0 Å². The Kier molecular flexibility index (Phi) is 13.9. The van der Waals surface area contributed by atoms with Crippen molar-refractivity contribution in [3.63, 3.8) is 0 Å². The maximum absolute atomic E-state index is 7.93. The molecule has 5 heterocycles. The Morgan fingerprint density at radius 1 is 0.302 bits per heavy atom. The number of nitrogens with zero attached hydrogens (tertiary/aromatic N) is 4. The van der Waals surface area contributed by atoms with Gasteiger partial charge in [-0.2, -0.15) is 0 Å². The van der Waals surface area contributed by atoms with Gasteiger partial charge in [-0.25, -0.2) is 0 Å². The van der Waals surface area contributed by atoms with Gasteiger partial charge >= 0.3 is 0 Å². The molecule has 1 aliphatic carbocycles. The van der Waals surface area contributed by atoms with E-state index in [4.69, 9.17) is 4.74 Å². The highest BCUT2D eigenvalue weighted by Gasteiger charge is 2.49. The van der Waals surface area contributed by atoms with E-state index in [1.165, 1.54) is 105 Å². The zero-order valence-corrected chi connectivity index (χ0v) is 62.1. The van der Waals surface area contributed by atoms with Crippen molar-refractivity contribution in [1.29, 1.82) is 0 Å². The molecule has 0 radical (unpaired) electrons. The van der Waals surface area contributed by atoms with Crippen LogP contribution in [0.5, 0.6) is 11.5 Å². The van der Waals surface area contributed by atoms with Gasteiger partial charge < -0.3 is 24.0 Å². The van der Waals surface area contributed by atoms with Gasteiger partial charge in [0.2, 0.25) is 0 Å². The van der Waals surface area contributed by atoms with E-state index in [0.29, 0.717) is 0 Å². The fourth-order valence-electron chi connectivity index (χ4n) is 18.7. The highest BCUT2D eigenvalue weighted by atomic mass is 16.5. The quantitative estimate of drug-likeness (QED) is 0.148. The summed E-state index contributed by atoms with van der Waals surface area (Å²) in [5.41, 5.74) is 36.3. The second kappa shape index (κ2) is 23.1. The molecule has 0 amide bonds. The molecular weight excluding hydrogens is 1280 g/mol. The van der Waals surface area contributed by atoms with Crippen LogP contribution in [0.3, 0.4) is 0 Å². The standard InChI is InChI=1S/C99H82B2N4O/c1-96(2,3)64-47-49-82-75(53-64)76-54-65(97(4,5)6)48-50-83(76)104(82)69-57-88-93-89(58-69)105(95-73(61-31-16-12-17-32-61)55-66(98(7,8)9)56-74(95)62-33-18-13-19-34-62)85-46-29-27-44-79(85)100(93)80-59-81-90(60-86(80)103(88)68-37-22-15-23-38-68)106-91-52-63(70-40-30-41-72-71-39-24-25-42-77(71)99(10,11)92(70)72)51-87-94(91)101(81)78-43-26-28-45-84(78)102(87)67-35-20-14-21-36-67/h12-60H,1-11H3. The lowest BCUT2D eigenvalue weighted by molar-refractivity contribution is 0.488. The molecule has 20 rings (SSSR count). The number of rotatable bonds is 7. The predicted octanol–water partition coefficient (Wildman–Crippen LogP) is 22.5. The number of anilines is 9. The molecular formula is C99H82B2N4O. The van der Waals surface area contributed by atoms with Crippen molar-refractivity contribution in [3.05, 3.63) is 325 Å². The van der Waals surface area contributed by atoms with E-state index in [0.717, 1.165) is 90.5 Å². The Hall–Kier alpha value is -11.8. The van der Waals surface area contributed by atoms with Gasteiger partial charge in [-0.3, -0.25) is 0 Å². The Balaban J connectivity index is 0.899. The van der Waals surface area contributed by atoms with Crippen molar-refractivity contribution < 1.29 is 4.74 Å². The summed E-state index contributed by atoms with van der Waals surface area (Å²) in [5.74, 6) is 1.72. The van der Waals surface area contributed by atoms with Gasteiger partial charge in [0, 0.05) is 78.9 Å². The van der Waals surface area contributed by atoms with E-state index in [1.54, 1.807) is 0 Å². The molecule has 4 aliphatic heterocycles. The number of fused-ring (bicyclic) bond motifs is 14.